The average molecular weight is 460 g/mol. The number of carbonyl (C=O) groups is 3. The van der Waals surface area contributed by atoms with Crippen LogP contribution in [0.1, 0.15) is 62.5 Å². The monoisotopic (exact) mass is 459 g/mol. The lowest BCUT2D eigenvalue weighted by Gasteiger charge is -2.17. The zero-order valence-electron chi connectivity index (χ0n) is 19.2. The minimum atomic E-state index is -0.647. The molecular weight excluding hydrogens is 433 g/mol. The zero-order chi connectivity index (χ0) is 24.0. The Hall–Kier alpha value is -3.74. The van der Waals surface area contributed by atoms with E-state index in [9.17, 15) is 18.8 Å². The van der Waals surface area contributed by atoms with Gasteiger partial charge in [-0.1, -0.05) is 30.3 Å². The van der Waals surface area contributed by atoms with Crippen LogP contribution < -0.4 is 10.6 Å². The van der Waals surface area contributed by atoms with E-state index in [1.54, 1.807) is 19.9 Å². The number of anilines is 1. The molecule has 0 unspecified atom stereocenters. The lowest BCUT2D eigenvalue weighted by Crippen LogP contribution is -2.39. The smallest absolute Gasteiger partial charge is 0.293 e. The zero-order valence-corrected chi connectivity index (χ0v) is 19.2. The third-order valence-corrected chi connectivity index (χ3v) is 6.90. The third kappa shape index (κ3) is 3.71. The van der Waals surface area contributed by atoms with Crippen LogP contribution in [0.2, 0.25) is 0 Å². The van der Waals surface area contributed by atoms with E-state index < -0.39 is 17.2 Å². The van der Waals surface area contributed by atoms with E-state index in [1.165, 1.54) is 12.1 Å². The van der Waals surface area contributed by atoms with Crippen LogP contribution in [0.4, 0.5) is 10.1 Å². The van der Waals surface area contributed by atoms with Gasteiger partial charge in [0.25, 0.3) is 17.6 Å². The number of carbonyl (C=O) groups excluding carboxylic acids is 3. The topological polar surface area (TPSA) is 80.2 Å². The van der Waals surface area contributed by atoms with E-state index in [2.05, 4.69) is 10.6 Å². The molecule has 1 aliphatic heterocycles. The predicted molar refractivity (Wildman–Crippen MR) is 126 cm³/mol. The molecule has 5 rings (SSSR count). The van der Waals surface area contributed by atoms with E-state index in [-0.39, 0.29) is 11.7 Å². The summed E-state index contributed by atoms with van der Waals surface area (Å²) in [6, 6.07) is 14.0. The molecule has 2 N–H and O–H groups in total. The molecule has 34 heavy (non-hydrogen) atoms. The number of hydrogen-bond acceptors (Lipinski definition) is 3. The van der Waals surface area contributed by atoms with Gasteiger partial charge in [0.2, 0.25) is 0 Å². The summed E-state index contributed by atoms with van der Waals surface area (Å²) in [5, 5.41) is 5.77. The lowest BCUT2D eigenvalue weighted by atomic mass is 10.0. The highest BCUT2D eigenvalue weighted by atomic mass is 19.1. The molecule has 3 aromatic rings. The van der Waals surface area contributed by atoms with Crippen LogP contribution >= 0.6 is 0 Å². The van der Waals surface area contributed by atoms with Gasteiger partial charge in [0.15, 0.2) is 0 Å². The van der Waals surface area contributed by atoms with E-state index in [0.717, 1.165) is 30.5 Å². The summed E-state index contributed by atoms with van der Waals surface area (Å²) in [6.07, 6.45) is 2.99. The molecule has 0 saturated heterocycles. The minimum absolute atomic E-state index is 0.319. The van der Waals surface area contributed by atoms with Gasteiger partial charge >= 0.3 is 0 Å². The Bertz CT molecular complexity index is 1320. The number of aromatic nitrogens is 1. The van der Waals surface area contributed by atoms with Crippen molar-refractivity contribution >= 4 is 23.3 Å². The standard InChI is InChI=1S/C27H26FN3O3/c1-16-15-19(10-11-20(16)28)29-25(33)23-17(2)22(21-9-6-14-31(21)23)24(32)26(34)30-27(12-13-27)18-7-4-3-5-8-18/h3-5,7-8,10-11,15H,6,9,12-14H2,1-2H3,(H,29,33)(H,30,34). The van der Waals surface area contributed by atoms with Crippen LogP contribution in [0.5, 0.6) is 0 Å². The Kier molecular flexibility index (Phi) is 5.35. The van der Waals surface area contributed by atoms with Crippen LogP contribution in [-0.2, 0) is 23.3 Å². The highest BCUT2D eigenvalue weighted by Gasteiger charge is 2.47. The molecule has 1 fully saturated rings. The Morgan fingerprint density at radius 2 is 1.76 bits per heavy atom. The molecule has 1 saturated carbocycles. The number of benzene rings is 2. The van der Waals surface area contributed by atoms with Gasteiger partial charge in [0, 0.05) is 17.9 Å². The van der Waals surface area contributed by atoms with Gasteiger partial charge < -0.3 is 15.2 Å². The van der Waals surface area contributed by atoms with Gasteiger partial charge in [-0.05, 0) is 74.4 Å². The second kappa shape index (κ2) is 8.24. The molecule has 0 bridgehead atoms. The van der Waals surface area contributed by atoms with Crippen molar-refractivity contribution in [2.24, 2.45) is 0 Å². The third-order valence-electron chi connectivity index (χ3n) is 6.90. The summed E-state index contributed by atoms with van der Waals surface area (Å²) >= 11 is 0. The van der Waals surface area contributed by atoms with Crippen molar-refractivity contribution in [3.8, 4) is 0 Å². The van der Waals surface area contributed by atoms with Crippen LogP contribution in [0.15, 0.2) is 48.5 Å². The van der Waals surface area contributed by atoms with Crippen LogP contribution in [0.3, 0.4) is 0 Å². The molecule has 0 radical (unpaired) electrons. The van der Waals surface area contributed by atoms with E-state index in [0.29, 0.717) is 41.0 Å². The second-order valence-corrected chi connectivity index (χ2v) is 9.20. The van der Waals surface area contributed by atoms with Crippen molar-refractivity contribution in [1.82, 2.24) is 9.88 Å². The van der Waals surface area contributed by atoms with Crippen LogP contribution in [0, 0.1) is 19.7 Å². The molecule has 1 aliphatic carbocycles. The number of aryl methyl sites for hydroxylation is 1. The molecule has 2 amide bonds. The van der Waals surface area contributed by atoms with E-state index in [1.807, 2.05) is 34.9 Å². The molecule has 2 aromatic carbocycles. The van der Waals surface area contributed by atoms with E-state index >= 15 is 0 Å². The fourth-order valence-corrected chi connectivity index (χ4v) is 4.98. The normalized spacial score (nSPS) is 15.5. The largest absolute Gasteiger partial charge is 0.340 e. The van der Waals surface area contributed by atoms with Gasteiger partial charge in [0.05, 0.1) is 11.1 Å². The Morgan fingerprint density at radius 3 is 2.44 bits per heavy atom. The van der Waals surface area contributed by atoms with Crippen molar-refractivity contribution in [3.05, 3.63) is 88.0 Å². The summed E-state index contributed by atoms with van der Waals surface area (Å²) in [7, 11) is 0. The summed E-state index contributed by atoms with van der Waals surface area (Å²) in [4.78, 5) is 39.6. The Balaban J connectivity index is 1.42. The number of nitrogens with one attached hydrogen (secondary N) is 2. The SMILES string of the molecule is Cc1cc(NC(=O)c2c(C)c(C(=O)C(=O)NC3(c4ccccc4)CC3)c3n2CCC3)ccc1F. The first-order valence-corrected chi connectivity index (χ1v) is 11.5. The molecule has 1 aromatic heterocycles. The molecule has 7 heteroatoms. The maximum absolute atomic E-state index is 13.6. The number of amides is 2. The Labute approximate surface area is 197 Å². The van der Waals surface area contributed by atoms with Gasteiger partial charge in [-0.25, -0.2) is 4.39 Å². The number of Topliss-reactive ketones (excluding diaryl/α,β-unsaturated/α-hetero) is 1. The number of nitrogens with zero attached hydrogens (tertiary/aromatic N) is 1. The first-order valence-electron chi connectivity index (χ1n) is 11.5. The number of hydrogen-bond donors (Lipinski definition) is 2. The van der Waals surface area contributed by atoms with Crippen molar-refractivity contribution in [3.63, 3.8) is 0 Å². The molecule has 0 atom stereocenters. The first-order chi connectivity index (χ1) is 16.3. The molecule has 0 spiro atoms. The lowest BCUT2D eigenvalue weighted by molar-refractivity contribution is -0.118. The number of ketones is 1. The Morgan fingerprint density at radius 1 is 1.03 bits per heavy atom. The van der Waals surface area contributed by atoms with E-state index in [4.69, 9.17) is 0 Å². The van der Waals surface area contributed by atoms with Gasteiger partial charge in [0.1, 0.15) is 11.5 Å². The fraction of sp³-hybridized carbons (Fsp3) is 0.296. The molecular formula is C27H26FN3O3. The number of rotatable bonds is 6. The quantitative estimate of drug-likeness (QED) is 0.423. The van der Waals surface area contributed by atoms with Gasteiger partial charge in [-0.3, -0.25) is 14.4 Å². The van der Waals surface area contributed by atoms with Crippen molar-refractivity contribution in [2.45, 2.75) is 51.6 Å². The summed E-state index contributed by atoms with van der Waals surface area (Å²) in [5.41, 5.74) is 3.30. The summed E-state index contributed by atoms with van der Waals surface area (Å²) in [6.45, 7) is 3.94. The molecule has 6 nitrogen and oxygen atoms in total. The minimum Gasteiger partial charge on any atom is -0.340 e. The highest BCUT2D eigenvalue weighted by Crippen LogP contribution is 2.45. The highest BCUT2D eigenvalue weighted by molar-refractivity contribution is 6.44. The molecule has 2 aliphatic rings. The van der Waals surface area contributed by atoms with Crippen LogP contribution in [-0.4, -0.2) is 22.2 Å². The molecule has 2 heterocycles. The van der Waals surface area contributed by atoms with Gasteiger partial charge in [-0.15, -0.1) is 0 Å². The number of fused-ring (bicyclic) bond motifs is 1. The number of halogens is 1. The van der Waals surface area contributed by atoms with Crippen molar-refractivity contribution in [1.29, 1.82) is 0 Å². The predicted octanol–water partition coefficient (Wildman–Crippen LogP) is 4.43. The maximum Gasteiger partial charge on any atom is 0.293 e. The summed E-state index contributed by atoms with van der Waals surface area (Å²) in [5.74, 6) is -1.98. The average Bonchev–Trinajstić information content (AvgIpc) is 3.36. The van der Waals surface area contributed by atoms with Crippen molar-refractivity contribution in [2.75, 3.05) is 5.32 Å². The molecule has 174 valence electrons. The van der Waals surface area contributed by atoms with Crippen LogP contribution in [0.25, 0.3) is 0 Å². The summed E-state index contributed by atoms with van der Waals surface area (Å²) < 4.78 is 15.4. The van der Waals surface area contributed by atoms with Gasteiger partial charge in [-0.2, -0.15) is 0 Å². The fourth-order valence-electron chi connectivity index (χ4n) is 4.98. The first kappa shape index (κ1) is 22.1. The second-order valence-electron chi connectivity index (χ2n) is 9.20. The van der Waals surface area contributed by atoms with Crippen molar-refractivity contribution < 1.29 is 18.8 Å². The maximum atomic E-state index is 13.6.